The van der Waals surface area contributed by atoms with Gasteiger partial charge in [0.2, 0.25) is 0 Å². The number of benzene rings is 3. The fourth-order valence-corrected chi connectivity index (χ4v) is 3.39. The fraction of sp³-hybridized carbons (Fsp3) is 0.120. The van der Waals surface area contributed by atoms with E-state index in [2.05, 4.69) is 5.32 Å². The summed E-state index contributed by atoms with van der Waals surface area (Å²) in [6.07, 6.45) is 1.80. The van der Waals surface area contributed by atoms with Crippen LogP contribution in [0.2, 0.25) is 5.02 Å². The Morgan fingerprint density at radius 1 is 1.12 bits per heavy atom. The molecule has 0 aliphatic carbocycles. The lowest BCUT2D eigenvalue weighted by Gasteiger charge is -2.13. The Morgan fingerprint density at radius 3 is 2.50 bits per heavy atom. The van der Waals surface area contributed by atoms with Crippen LogP contribution >= 0.6 is 11.6 Å². The van der Waals surface area contributed by atoms with Crippen molar-refractivity contribution in [1.82, 2.24) is 0 Å². The molecule has 0 atom stereocenters. The van der Waals surface area contributed by atoms with Crippen molar-refractivity contribution in [1.29, 1.82) is 5.26 Å². The molecular formula is C25H20ClFN2O3. The van der Waals surface area contributed by atoms with E-state index in [4.69, 9.17) is 21.1 Å². The Bertz CT molecular complexity index is 1200. The Labute approximate surface area is 190 Å². The van der Waals surface area contributed by atoms with Crippen LogP contribution < -0.4 is 14.8 Å². The molecule has 0 heterocycles. The summed E-state index contributed by atoms with van der Waals surface area (Å²) in [4.78, 5) is 12.5. The van der Waals surface area contributed by atoms with Crippen molar-refractivity contribution in [2.75, 3.05) is 19.5 Å². The number of ether oxygens (including phenoxy) is 2. The normalized spacial score (nSPS) is 10.9. The number of hydrogen-bond donors (Lipinski definition) is 1. The third-order valence-corrected chi connectivity index (χ3v) is 5.03. The van der Waals surface area contributed by atoms with Gasteiger partial charge in [-0.05, 0) is 65.7 Å². The van der Waals surface area contributed by atoms with Gasteiger partial charge < -0.3 is 14.8 Å². The lowest BCUT2D eigenvalue weighted by molar-refractivity contribution is -0.112. The van der Waals surface area contributed by atoms with Crippen molar-refractivity contribution in [3.8, 4) is 17.6 Å². The monoisotopic (exact) mass is 450 g/mol. The second kappa shape index (κ2) is 10.5. The fourth-order valence-electron chi connectivity index (χ4n) is 3.11. The standard InChI is InChI=1S/C25H20ClFN2O3/c1-31-21-8-6-20(7-9-21)29-25(30)18(15-28)10-17-13-23(26)22(24(14-17)32-2)12-16-4-3-5-19(27)11-16/h3-11,13-14H,12H2,1-2H3,(H,29,30)/b18-10+. The molecule has 1 N–H and O–H groups in total. The Hall–Kier alpha value is -3.82. The number of carbonyl (C=O) groups excluding carboxylic acids is 1. The lowest BCUT2D eigenvalue weighted by atomic mass is 10.0. The molecule has 0 unspecified atom stereocenters. The summed E-state index contributed by atoms with van der Waals surface area (Å²) < 4.78 is 24.1. The van der Waals surface area contributed by atoms with Crippen molar-refractivity contribution in [2.45, 2.75) is 6.42 Å². The molecular weight excluding hydrogens is 431 g/mol. The molecule has 1 amide bonds. The summed E-state index contributed by atoms with van der Waals surface area (Å²) in [5.74, 6) is 0.232. The second-order valence-corrected chi connectivity index (χ2v) is 7.25. The first-order valence-electron chi connectivity index (χ1n) is 9.61. The molecule has 0 spiro atoms. The van der Waals surface area contributed by atoms with Gasteiger partial charge >= 0.3 is 0 Å². The van der Waals surface area contributed by atoms with Crippen LogP contribution in [0.4, 0.5) is 10.1 Å². The minimum Gasteiger partial charge on any atom is -0.497 e. The first kappa shape index (κ1) is 22.9. The van der Waals surface area contributed by atoms with Crippen LogP contribution in [0.25, 0.3) is 6.08 Å². The average Bonchev–Trinajstić information content (AvgIpc) is 2.79. The largest absolute Gasteiger partial charge is 0.497 e. The van der Waals surface area contributed by atoms with Crippen LogP contribution in [0.15, 0.2) is 66.2 Å². The molecule has 0 aliphatic heterocycles. The van der Waals surface area contributed by atoms with Gasteiger partial charge in [-0.25, -0.2) is 4.39 Å². The first-order chi connectivity index (χ1) is 15.4. The predicted molar refractivity (Wildman–Crippen MR) is 122 cm³/mol. The molecule has 0 fully saturated rings. The van der Waals surface area contributed by atoms with Gasteiger partial charge in [0.05, 0.1) is 14.2 Å². The van der Waals surface area contributed by atoms with Crippen molar-refractivity contribution >= 4 is 29.3 Å². The molecule has 0 aromatic heterocycles. The Kier molecular flexibility index (Phi) is 7.48. The van der Waals surface area contributed by atoms with Crippen LogP contribution in [0.1, 0.15) is 16.7 Å². The Morgan fingerprint density at radius 2 is 1.88 bits per heavy atom. The van der Waals surface area contributed by atoms with Crippen LogP contribution in [0.5, 0.6) is 11.5 Å². The molecule has 0 aliphatic rings. The number of anilines is 1. The van der Waals surface area contributed by atoms with E-state index in [0.29, 0.717) is 39.8 Å². The molecule has 162 valence electrons. The number of rotatable bonds is 7. The van der Waals surface area contributed by atoms with Crippen LogP contribution in [0.3, 0.4) is 0 Å². The molecule has 0 radical (unpaired) electrons. The molecule has 3 rings (SSSR count). The highest BCUT2D eigenvalue weighted by atomic mass is 35.5. The van der Waals surface area contributed by atoms with E-state index in [1.807, 2.05) is 6.07 Å². The first-order valence-corrected chi connectivity index (χ1v) is 9.99. The molecule has 0 saturated carbocycles. The minimum absolute atomic E-state index is 0.100. The highest BCUT2D eigenvalue weighted by Gasteiger charge is 2.14. The number of nitriles is 1. The van der Waals surface area contributed by atoms with Gasteiger partial charge in [0.15, 0.2) is 0 Å². The van der Waals surface area contributed by atoms with Crippen LogP contribution in [0, 0.1) is 17.1 Å². The zero-order valence-electron chi connectivity index (χ0n) is 17.5. The molecule has 3 aromatic carbocycles. The van der Waals surface area contributed by atoms with Gasteiger partial charge in [0, 0.05) is 22.7 Å². The van der Waals surface area contributed by atoms with Gasteiger partial charge in [0.1, 0.15) is 29.0 Å². The van der Waals surface area contributed by atoms with Gasteiger partial charge in [-0.1, -0.05) is 23.7 Å². The zero-order chi connectivity index (χ0) is 23.1. The highest BCUT2D eigenvalue weighted by Crippen LogP contribution is 2.32. The SMILES string of the molecule is COc1ccc(NC(=O)/C(C#N)=C/c2cc(Cl)c(Cc3cccc(F)c3)c(OC)c2)cc1. The second-order valence-electron chi connectivity index (χ2n) is 6.84. The van der Waals surface area contributed by atoms with Crippen molar-refractivity contribution in [3.63, 3.8) is 0 Å². The number of nitrogens with one attached hydrogen (secondary N) is 1. The Balaban J connectivity index is 1.85. The van der Waals surface area contributed by atoms with Crippen LogP contribution in [-0.4, -0.2) is 20.1 Å². The quantitative estimate of drug-likeness (QED) is 0.374. The summed E-state index contributed by atoms with van der Waals surface area (Å²) in [5, 5.41) is 12.5. The molecule has 5 nitrogen and oxygen atoms in total. The van der Waals surface area contributed by atoms with E-state index in [9.17, 15) is 14.4 Å². The van der Waals surface area contributed by atoms with Gasteiger partial charge in [-0.3, -0.25) is 4.79 Å². The highest BCUT2D eigenvalue weighted by molar-refractivity contribution is 6.31. The molecule has 32 heavy (non-hydrogen) atoms. The number of amides is 1. The predicted octanol–water partition coefficient (Wildman–Crippen LogP) is 5.63. The van der Waals surface area contributed by atoms with E-state index in [1.165, 1.54) is 25.3 Å². The number of halogens is 2. The third kappa shape index (κ3) is 5.65. The van der Waals surface area contributed by atoms with E-state index < -0.39 is 5.91 Å². The van der Waals surface area contributed by atoms with Crippen LogP contribution in [-0.2, 0) is 11.2 Å². The van der Waals surface area contributed by atoms with E-state index in [1.54, 1.807) is 55.6 Å². The summed E-state index contributed by atoms with van der Waals surface area (Å²) in [5.41, 5.74) is 2.37. The van der Waals surface area contributed by atoms with Crippen molar-refractivity contribution in [3.05, 3.63) is 93.8 Å². The number of carbonyl (C=O) groups is 1. The summed E-state index contributed by atoms with van der Waals surface area (Å²) >= 11 is 6.47. The smallest absolute Gasteiger partial charge is 0.266 e. The third-order valence-electron chi connectivity index (χ3n) is 4.69. The van der Waals surface area contributed by atoms with Crippen molar-refractivity contribution in [2.24, 2.45) is 0 Å². The molecule has 0 bridgehead atoms. The molecule has 0 saturated heterocycles. The van der Waals surface area contributed by atoms with Gasteiger partial charge in [-0.2, -0.15) is 5.26 Å². The van der Waals surface area contributed by atoms with Gasteiger partial charge in [-0.15, -0.1) is 0 Å². The summed E-state index contributed by atoms with van der Waals surface area (Å²) in [6.45, 7) is 0. The average molecular weight is 451 g/mol. The van der Waals surface area contributed by atoms with E-state index in [-0.39, 0.29) is 11.4 Å². The number of hydrogen-bond acceptors (Lipinski definition) is 4. The maximum Gasteiger partial charge on any atom is 0.266 e. The molecule has 7 heteroatoms. The van der Waals surface area contributed by atoms with E-state index in [0.717, 1.165) is 5.56 Å². The number of nitrogens with zero attached hydrogens (tertiary/aromatic N) is 1. The minimum atomic E-state index is -0.559. The summed E-state index contributed by atoms with van der Waals surface area (Å²) in [7, 11) is 3.04. The number of methoxy groups -OCH3 is 2. The lowest BCUT2D eigenvalue weighted by Crippen LogP contribution is -2.13. The van der Waals surface area contributed by atoms with Gasteiger partial charge in [0.25, 0.3) is 5.91 Å². The zero-order valence-corrected chi connectivity index (χ0v) is 18.2. The topological polar surface area (TPSA) is 71.3 Å². The van der Waals surface area contributed by atoms with E-state index >= 15 is 0 Å². The molecule has 3 aromatic rings. The van der Waals surface area contributed by atoms with Crippen molar-refractivity contribution < 1.29 is 18.7 Å². The summed E-state index contributed by atoms with van der Waals surface area (Å²) in [6, 6.07) is 18.2. The maximum atomic E-state index is 13.5. The maximum absolute atomic E-state index is 13.5.